The fraction of sp³-hybridized carbons (Fsp3) is 0.308. The lowest BCUT2D eigenvalue weighted by Crippen LogP contribution is -1.91. The second-order valence-corrected chi connectivity index (χ2v) is 4.16. The van der Waals surface area contributed by atoms with Crippen molar-refractivity contribution in [3.05, 3.63) is 35.2 Å². The van der Waals surface area contributed by atoms with Gasteiger partial charge in [0.25, 0.3) is 0 Å². The van der Waals surface area contributed by atoms with Crippen molar-refractivity contribution >= 4 is 5.78 Å². The fourth-order valence-corrected chi connectivity index (χ4v) is 2.11. The number of nitrogens with zero attached hydrogens (tertiary/aromatic N) is 2. The van der Waals surface area contributed by atoms with Crippen molar-refractivity contribution in [1.29, 1.82) is 0 Å². The molecule has 2 aromatic rings. The number of rotatable bonds is 2. The molecule has 0 N–H and O–H groups in total. The van der Waals surface area contributed by atoms with E-state index in [1.165, 1.54) is 0 Å². The molecule has 0 spiro atoms. The summed E-state index contributed by atoms with van der Waals surface area (Å²) < 4.78 is 5.08. The third-order valence-corrected chi connectivity index (χ3v) is 3.06. The van der Waals surface area contributed by atoms with Gasteiger partial charge in [0.2, 0.25) is 11.7 Å². The first-order chi connectivity index (χ1) is 8.28. The van der Waals surface area contributed by atoms with Gasteiger partial charge in [-0.2, -0.15) is 4.98 Å². The van der Waals surface area contributed by atoms with E-state index in [1.54, 1.807) is 0 Å². The van der Waals surface area contributed by atoms with E-state index in [-0.39, 0.29) is 5.78 Å². The van der Waals surface area contributed by atoms with Crippen LogP contribution >= 0.6 is 0 Å². The third kappa shape index (κ3) is 1.65. The highest BCUT2D eigenvalue weighted by Crippen LogP contribution is 2.26. The molecule has 0 unspecified atom stereocenters. The summed E-state index contributed by atoms with van der Waals surface area (Å²) >= 11 is 0. The SMILES string of the molecule is CCc1nc(-c2ccc3c(c2)CCC3=O)no1. The van der Waals surface area contributed by atoms with Crippen LogP contribution in [0.4, 0.5) is 0 Å². The van der Waals surface area contributed by atoms with Crippen molar-refractivity contribution in [2.45, 2.75) is 26.2 Å². The van der Waals surface area contributed by atoms with Crippen molar-refractivity contribution in [1.82, 2.24) is 10.1 Å². The minimum atomic E-state index is 0.230. The molecular formula is C13H12N2O2. The van der Waals surface area contributed by atoms with Crippen molar-refractivity contribution in [3.63, 3.8) is 0 Å². The van der Waals surface area contributed by atoms with E-state index in [2.05, 4.69) is 10.1 Å². The molecular weight excluding hydrogens is 216 g/mol. The molecule has 4 nitrogen and oxygen atoms in total. The highest BCUT2D eigenvalue weighted by atomic mass is 16.5. The zero-order chi connectivity index (χ0) is 11.8. The summed E-state index contributed by atoms with van der Waals surface area (Å²) in [5, 5.41) is 3.93. The molecule has 0 atom stereocenters. The number of hydrogen-bond donors (Lipinski definition) is 0. The van der Waals surface area contributed by atoms with Gasteiger partial charge in [-0.1, -0.05) is 24.2 Å². The molecule has 0 saturated heterocycles. The maximum atomic E-state index is 11.5. The predicted octanol–water partition coefficient (Wildman–Crippen LogP) is 2.43. The Bertz CT molecular complexity index is 587. The van der Waals surface area contributed by atoms with Crippen molar-refractivity contribution in [2.75, 3.05) is 0 Å². The van der Waals surface area contributed by atoms with Crippen LogP contribution in [0.3, 0.4) is 0 Å². The van der Waals surface area contributed by atoms with Gasteiger partial charge in [0.15, 0.2) is 5.78 Å². The Kier molecular flexibility index (Phi) is 2.28. The largest absolute Gasteiger partial charge is 0.339 e. The third-order valence-electron chi connectivity index (χ3n) is 3.06. The van der Waals surface area contributed by atoms with Gasteiger partial charge in [0.05, 0.1) is 0 Å². The zero-order valence-electron chi connectivity index (χ0n) is 9.56. The molecule has 3 rings (SSSR count). The molecule has 1 aromatic carbocycles. The Hall–Kier alpha value is -1.97. The lowest BCUT2D eigenvalue weighted by Gasteiger charge is -1.99. The number of aryl methyl sites for hydroxylation is 2. The number of ketones is 1. The van der Waals surface area contributed by atoms with Crippen molar-refractivity contribution in [3.8, 4) is 11.4 Å². The van der Waals surface area contributed by atoms with Gasteiger partial charge in [-0.3, -0.25) is 4.79 Å². The van der Waals surface area contributed by atoms with Crippen LogP contribution < -0.4 is 0 Å². The van der Waals surface area contributed by atoms with Crippen molar-refractivity contribution in [2.24, 2.45) is 0 Å². The Balaban J connectivity index is 2.02. The number of fused-ring (bicyclic) bond motifs is 1. The summed E-state index contributed by atoms with van der Waals surface area (Å²) in [7, 11) is 0. The van der Waals surface area contributed by atoms with Crippen LogP contribution in [0, 0.1) is 0 Å². The number of benzene rings is 1. The lowest BCUT2D eigenvalue weighted by atomic mass is 10.1. The first kappa shape index (κ1) is 10.2. The summed E-state index contributed by atoms with van der Waals surface area (Å²) in [6, 6.07) is 5.73. The molecule has 0 aliphatic heterocycles. The molecule has 0 saturated carbocycles. The van der Waals surface area contributed by atoms with Gasteiger partial charge >= 0.3 is 0 Å². The monoisotopic (exact) mass is 228 g/mol. The summed E-state index contributed by atoms with van der Waals surface area (Å²) in [5.41, 5.74) is 2.85. The van der Waals surface area contributed by atoms with Crippen LogP contribution in [0.2, 0.25) is 0 Å². The quantitative estimate of drug-likeness (QED) is 0.792. The highest BCUT2D eigenvalue weighted by molar-refractivity contribution is 6.00. The zero-order valence-corrected chi connectivity index (χ0v) is 9.56. The molecule has 0 fully saturated rings. The first-order valence-corrected chi connectivity index (χ1v) is 5.77. The maximum absolute atomic E-state index is 11.5. The van der Waals surface area contributed by atoms with E-state index in [4.69, 9.17) is 4.52 Å². The molecule has 0 bridgehead atoms. The fourth-order valence-electron chi connectivity index (χ4n) is 2.11. The minimum absolute atomic E-state index is 0.230. The molecule has 0 radical (unpaired) electrons. The van der Waals surface area contributed by atoms with E-state index in [1.807, 2.05) is 25.1 Å². The van der Waals surface area contributed by atoms with Gasteiger partial charge < -0.3 is 4.52 Å². The Morgan fingerprint density at radius 2 is 2.24 bits per heavy atom. The summed E-state index contributed by atoms with van der Waals surface area (Å²) in [6.45, 7) is 1.97. The Morgan fingerprint density at radius 1 is 1.35 bits per heavy atom. The number of aromatic nitrogens is 2. The molecule has 17 heavy (non-hydrogen) atoms. The molecule has 0 amide bonds. The average Bonchev–Trinajstić information content (AvgIpc) is 2.96. The van der Waals surface area contributed by atoms with Crippen molar-refractivity contribution < 1.29 is 9.32 Å². The van der Waals surface area contributed by atoms with E-state index < -0.39 is 0 Å². The Labute approximate surface area is 98.7 Å². The number of Topliss-reactive ketones (excluding diaryl/α,β-unsaturated/α-hetero) is 1. The molecule has 1 heterocycles. The molecule has 86 valence electrons. The summed E-state index contributed by atoms with van der Waals surface area (Å²) in [4.78, 5) is 15.8. The maximum Gasteiger partial charge on any atom is 0.226 e. The van der Waals surface area contributed by atoms with Crippen LogP contribution in [0.5, 0.6) is 0 Å². The Morgan fingerprint density at radius 3 is 3.00 bits per heavy atom. The number of carbonyl (C=O) groups excluding carboxylic acids is 1. The van der Waals surface area contributed by atoms with Crippen LogP contribution in [0.1, 0.15) is 35.2 Å². The standard InChI is InChI=1S/C13H12N2O2/c1-2-12-14-13(15-17-12)9-3-5-10-8(7-9)4-6-11(10)16/h3,5,7H,2,4,6H2,1H3. The van der Waals surface area contributed by atoms with Gasteiger partial charge in [-0.15, -0.1) is 0 Å². The van der Waals surface area contributed by atoms with Gasteiger partial charge in [0, 0.05) is 24.0 Å². The molecule has 1 aliphatic carbocycles. The molecule has 1 aliphatic rings. The highest BCUT2D eigenvalue weighted by Gasteiger charge is 2.20. The predicted molar refractivity (Wildman–Crippen MR) is 61.8 cm³/mol. The lowest BCUT2D eigenvalue weighted by molar-refractivity contribution is 0.0994. The number of carbonyl (C=O) groups is 1. The summed E-state index contributed by atoms with van der Waals surface area (Å²) in [5.74, 6) is 1.47. The molecule has 1 aromatic heterocycles. The normalized spacial score (nSPS) is 14.1. The van der Waals surface area contributed by atoms with Crippen LogP contribution in [-0.4, -0.2) is 15.9 Å². The van der Waals surface area contributed by atoms with Crippen LogP contribution in [0.25, 0.3) is 11.4 Å². The minimum Gasteiger partial charge on any atom is -0.339 e. The average molecular weight is 228 g/mol. The topological polar surface area (TPSA) is 56.0 Å². The van der Waals surface area contributed by atoms with E-state index in [0.717, 1.165) is 29.5 Å². The van der Waals surface area contributed by atoms with E-state index >= 15 is 0 Å². The van der Waals surface area contributed by atoms with Crippen LogP contribution in [-0.2, 0) is 12.8 Å². The smallest absolute Gasteiger partial charge is 0.226 e. The number of hydrogen-bond acceptors (Lipinski definition) is 4. The van der Waals surface area contributed by atoms with Crippen LogP contribution in [0.15, 0.2) is 22.7 Å². The van der Waals surface area contributed by atoms with Gasteiger partial charge in [-0.05, 0) is 18.1 Å². The second kappa shape index (κ2) is 3.80. The van der Waals surface area contributed by atoms with E-state index in [9.17, 15) is 4.79 Å². The van der Waals surface area contributed by atoms with Gasteiger partial charge in [0.1, 0.15) is 0 Å². The van der Waals surface area contributed by atoms with E-state index in [0.29, 0.717) is 18.1 Å². The second-order valence-electron chi connectivity index (χ2n) is 4.16. The summed E-state index contributed by atoms with van der Waals surface area (Å²) in [6.07, 6.45) is 2.17. The molecule has 4 heteroatoms. The first-order valence-electron chi connectivity index (χ1n) is 5.77. The van der Waals surface area contributed by atoms with Gasteiger partial charge in [-0.25, -0.2) is 0 Å².